The van der Waals surface area contributed by atoms with Crippen molar-refractivity contribution in [3.8, 4) is 0 Å². The van der Waals surface area contributed by atoms with Crippen LogP contribution in [-0.4, -0.2) is 12.6 Å². The second-order valence-corrected chi connectivity index (χ2v) is 5.80. The van der Waals surface area contributed by atoms with Crippen LogP contribution in [0.3, 0.4) is 0 Å². The van der Waals surface area contributed by atoms with E-state index in [9.17, 15) is 0 Å². The second-order valence-electron chi connectivity index (χ2n) is 5.80. The molecule has 0 bridgehead atoms. The molecule has 0 spiro atoms. The van der Waals surface area contributed by atoms with Gasteiger partial charge in [0.05, 0.1) is 13.2 Å². The van der Waals surface area contributed by atoms with Gasteiger partial charge in [0.25, 0.3) is 0 Å². The van der Waals surface area contributed by atoms with E-state index in [1.165, 1.54) is 11.1 Å². The maximum absolute atomic E-state index is 5.92. The topological polar surface area (TPSA) is 21.3 Å². The lowest BCUT2D eigenvalue weighted by atomic mass is 9.97. The van der Waals surface area contributed by atoms with Gasteiger partial charge in [0.2, 0.25) is 0 Å². The van der Waals surface area contributed by atoms with Crippen molar-refractivity contribution in [1.82, 2.24) is 5.32 Å². The first kappa shape index (κ1) is 17.5. The highest BCUT2D eigenvalue weighted by Crippen LogP contribution is 2.13. The van der Waals surface area contributed by atoms with Crippen molar-refractivity contribution in [2.45, 2.75) is 32.5 Å². The summed E-state index contributed by atoms with van der Waals surface area (Å²) in [6, 6.07) is 21.0. The number of benzene rings is 2. The molecule has 2 heteroatoms. The Morgan fingerprint density at radius 2 is 1.61 bits per heavy atom. The molecular weight excluding hydrogens is 282 g/mol. The standard InChI is InChI=1S/C21H27NO/c1-3-20(17-23-16-19-13-9-6-10-14-19)21(4-2)22-15-18-11-7-5-8-12-18/h4-14,20-22H,2-3,15-17H2,1H3/t20-,21-/m0/s1. The summed E-state index contributed by atoms with van der Waals surface area (Å²) < 4.78 is 5.92. The van der Waals surface area contributed by atoms with Crippen molar-refractivity contribution in [3.63, 3.8) is 0 Å². The molecule has 0 unspecified atom stereocenters. The van der Waals surface area contributed by atoms with Gasteiger partial charge in [0.1, 0.15) is 0 Å². The van der Waals surface area contributed by atoms with Crippen molar-refractivity contribution >= 4 is 0 Å². The smallest absolute Gasteiger partial charge is 0.0717 e. The predicted molar refractivity (Wildman–Crippen MR) is 97.1 cm³/mol. The van der Waals surface area contributed by atoms with Gasteiger partial charge in [-0.05, 0) is 17.5 Å². The Hall–Kier alpha value is -1.90. The fraction of sp³-hybridized carbons (Fsp3) is 0.333. The van der Waals surface area contributed by atoms with Crippen molar-refractivity contribution in [3.05, 3.63) is 84.4 Å². The summed E-state index contributed by atoms with van der Waals surface area (Å²) in [6.07, 6.45) is 3.07. The third kappa shape index (κ3) is 6.01. The summed E-state index contributed by atoms with van der Waals surface area (Å²) in [4.78, 5) is 0. The third-order valence-corrected chi connectivity index (χ3v) is 4.11. The monoisotopic (exact) mass is 309 g/mol. The van der Waals surface area contributed by atoms with Gasteiger partial charge in [-0.15, -0.1) is 6.58 Å². The highest BCUT2D eigenvalue weighted by molar-refractivity contribution is 5.15. The lowest BCUT2D eigenvalue weighted by molar-refractivity contribution is 0.0772. The molecule has 0 aliphatic heterocycles. The molecule has 2 atom stereocenters. The van der Waals surface area contributed by atoms with Crippen molar-refractivity contribution in [2.24, 2.45) is 5.92 Å². The van der Waals surface area contributed by atoms with E-state index in [4.69, 9.17) is 4.74 Å². The zero-order valence-electron chi connectivity index (χ0n) is 13.9. The predicted octanol–water partition coefficient (Wildman–Crippen LogP) is 4.57. The second kappa shape index (κ2) is 9.98. The minimum Gasteiger partial charge on any atom is -0.376 e. The van der Waals surface area contributed by atoms with E-state index in [1.54, 1.807) is 0 Å². The number of hydrogen-bond donors (Lipinski definition) is 1. The summed E-state index contributed by atoms with van der Waals surface area (Å²) in [7, 11) is 0. The van der Waals surface area contributed by atoms with Gasteiger partial charge >= 0.3 is 0 Å². The van der Waals surface area contributed by atoms with E-state index < -0.39 is 0 Å². The highest BCUT2D eigenvalue weighted by Gasteiger charge is 2.16. The van der Waals surface area contributed by atoms with Gasteiger partial charge in [-0.2, -0.15) is 0 Å². The fourth-order valence-corrected chi connectivity index (χ4v) is 2.65. The van der Waals surface area contributed by atoms with E-state index in [2.05, 4.69) is 55.2 Å². The van der Waals surface area contributed by atoms with Crippen LogP contribution in [0.5, 0.6) is 0 Å². The van der Waals surface area contributed by atoms with E-state index in [0.29, 0.717) is 12.5 Å². The number of ether oxygens (including phenoxy) is 1. The molecule has 0 saturated heterocycles. The Balaban J connectivity index is 1.80. The van der Waals surface area contributed by atoms with Gasteiger partial charge in [-0.1, -0.05) is 73.7 Å². The molecule has 0 aliphatic rings. The maximum atomic E-state index is 5.92. The lowest BCUT2D eigenvalue weighted by Gasteiger charge is -2.24. The molecule has 2 aromatic carbocycles. The van der Waals surface area contributed by atoms with E-state index >= 15 is 0 Å². The Kier molecular flexibility index (Phi) is 7.58. The zero-order valence-corrected chi connectivity index (χ0v) is 13.9. The Labute approximate surface area is 140 Å². The Morgan fingerprint density at radius 3 is 2.17 bits per heavy atom. The molecule has 0 fully saturated rings. The maximum Gasteiger partial charge on any atom is 0.0717 e. The molecule has 0 amide bonds. The average molecular weight is 309 g/mol. The molecule has 0 heterocycles. The molecule has 0 aromatic heterocycles. The first-order chi connectivity index (χ1) is 11.3. The number of hydrogen-bond acceptors (Lipinski definition) is 2. The van der Waals surface area contributed by atoms with Crippen molar-refractivity contribution in [1.29, 1.82) is 0 Å². The SMILES string of the molecule is C=C[C@H](NCc1ccccc1)[C@@H](CC)COCc1ccccc1. The van der Waals surface area contributed by atoms with Gasteiger partial charge in [-0.25, -0.2) is 0 Å². The fourth-order valence-electron chi connectivity index (χ4n) is 2.65. The van der Waals surface area contributed by atoms with Gasteiger partial charge < -0.3 is 10.1 Å². The average Bonchev–Trinajstić information content (AvgIpc) is 2.62. The summed E-state index contributed by atoms with van der Waals surface area (Å²) in [6.45, 7) is 8.46. The van der Waals surface area contributed by atoms with Crippen LogP contribution in [0.1, 0.15) is 24.5 Å². The van der Waals surface area contributed by atoms with E-state index in [-0.39, 0.29) is 6.04 Å². The third-order valence-electron chi connectivity index (χ3n) is 4.11. The molecule has 23 heavy (non-hydrogen) atoms. The zero-order chi connectivity index (χ0) is 16.3. The molecule has 0 saturated carbocycles. The summed E-state index contributed by atoms with van der Waals surface area (Å²) in [5.41, 5.74) is 2.51. The van der Waals surface area contributed by atoms with Crippen LogP contribution in [0.25, 0.3) is 0 Å². The minimum absolute atomic E-state index is 0.260. The molecule has 122 valence electrons. The summed E-state index contributed by atoms with van der Waals surface area (Å²) in [5.74, 6) is 0.430. The normalized spacial score (nSPS) is 13.4. The molecule has 0 aliphatic carbocycles. The quantitative estimate of drug-likeness (QED) is 0.649. The summed E-state index contributed by atoms with van der Waals surface area (Å²) >= 11 is 0. The van der Waals surface area contributed by atoms with Crippen molar-refractivity contribution in [2.75, 3.05) is 6.61 Å². The van der Waals surface area contributed by atoms with E-state index in [1.807, 2.05) is 30.3 Å². The van der Waals surface area contributed by atoms with Crippen molar-refractivity contribution < 1.29 is 4.74 Å². The summed E-state index contributed by atoms with van der Waals surface area (Å²) in [5, 5.41) is 3.59. The van der Waals surface area contributed by atoms with Gasteiger partial charge in [-0.3, -0.25) is 0 Å². The molecule has 1 N–H and O–H groups in total. The molecule has 2 rings (SSSR count). The molecular formula is C21H27NO. The minimum atomic E-state index is 0.260. The van der Waals surface area contributed by atoms with Crippen LogP contribution in [0.15, 0.2) is 73.3 Å². The van der Waals surface area contributed by atoms with Crippen LogP contribution in [0.4, 0.5) is 0 Å². The van der Waals surface area contributed by atoms with Crippen LogP contribution in [0.2, 0.25) is 0 Å². The first-order valence-corrected chi connectivity index (χ1v) is 8.35. The van der Waals surface area contributed by atoms with Crippen LogP contribution >= 0.6 is 0 Å². The molecule has 2 aromatic rings. The molecule has 2 nitrogen and oxygen atoms in total. The Bertz CT molecular complexity index is 553. The highest BCUT2D eigenvalue weighted by atomic mass is 16.5. The van der Waals surface area contributed by atoms with Crippen LogP contribution < -0.4 is 5.32 Å². The van der Waals surface area contributed by atoms with Crippen LogP contribution in [0, 0.1) is 5.92 Å². The van der Waals surface area contributed by atoms with Crippen LogP contribution in [-0.2, 0) is 17.9 Å². The first-order valence-electron chi connectivity index (χ1n) is 8.35. The lowest BCUT2D eigenvalue weighted by Crippen LogP contribution is -2.36. The number of rotatable bonds is 10. The van der Waals surface area contributed by atoms with E-state index in [0.717, 1.165) is 19.6 Å². The molecule has 0 radical (unpaired) electrons. The Morgan fingerprint density at radius 1 is 1.00 bits per heavy atom. The number of nitrogens with one attached hydrogen (secondary N) is 1. The van der Waals surface area contributed by atoms with Gasteiger partial charge in [0.15, 0.2) is 0 Å². The van der Waals surface area contributed by atoms with Gasteiger partial charge in [0, 0.05) is 18.5 Å². The largest absolute Gasteiger partial charge is 0.376 e.